The number of nitrogens with zero attached hydrogens (tertiary/aromatic N) is 2. The Morgan fingerprint density at radius 1 is 1.29 bits per heavy atom. The van der Waals surface area contributed by atoms with Crippen LogP contribution in [-0.2, 0) is 14.8 Å². The maximum absolute atomic E-state index is 13.5. The molecule has 0 saturated carbocycles. The molecule has 1 aliphatic heterocycles. The van der Waals surface area contributed by atoms with Crippen molar-refractivity contribution in [1.82, 2.24) is 9.21 Å². The lowest BCUT2D eigenvalue weighted by Crippen LogP contribution is -2.50. The molecule has 1 heterocycles. The molecule has 3 atom stereocenters. The monoisotopic (exact) mass is 500 g/mol. The molecule has 0 radical (unpaired) electrons. The Balaban J connectivity index is 2.01. The number of aliphatic hydroxyl groups is 1. The number of methoxy groups -OCH3 is 1. The zero-order valence-electron chi connectivity index (χ0n) is 20.5. The van der Waals surface area contributed by atoms with Gasteiger partial charge in [0.25, 0.3) is 5.91 Å². The Bertz CT molecular complexity index is 1190. The van der Waals surface area contributed by atoms with E-state index in [0.717, 1.165) is 0 Å². The Morgan fingerprint density at radius 2 is 2.00 bits per heavy atom. The lowest BCUT2D eigenvalue weighted by atomic mass is 10.0. The fourth-order valence-corrected chi connectivity index (χ4v) is 5.71. The van der Waals surface area contributed by atoms with E-state index < -0.39 is 22.2 Å². The predicted octanol–water partition coefficient (Wildman–Crippen LogP) is 2.23. The number of sulfonamides is 1. The summed E-state index contributed by atoms with van der Waals surface area (Å²) in [7, 11) is -0.705. The van der Waals surface area contributed by atoms with Crippen LogP contribution in [0.2, 0.25) is 0 Å². The van der Waals surface area contributed by atoms with Crippen LogP contribution in [-0.4, -0.2) is 81.2 Å². The van der Waals surface area contributed by atoms with E-state index in [1.165, 1.54) is 10.4 Å². The average molecular weight is 501 g/mol. The Kier molecular flexibility index (Phi) is 8.92. The lowest BCUT2D eigenvalue weighted by molar-refractivity contribution is 0.0563. The first kappa shape index (κ1) is 26.7. The standard InChI is InChI=1S/C26H32N2O6S/c1-19-16-28(20(2)18-29)35(31,32)25-13-12-21(9-8-14-33-4)15-23(25)34-24(19)17-27(3)26(30)22-10-6-5-7-11-22/h5-7,10-13,15,19-20,24,29H,14,16-18H2,1-4H3/t19-,20+,24+/m1/s1. The minimum absolute atomic E-state index is 0.00373. The second kappa shape index (κ2) is 11.7. The van der Waals surface area contributed by atoms with E-state index in [4.69, 9.17) is 9.47 Å². The van der Waals surface area contributed by atoms with E-state index >= 15 is 0 Å². The largest absolute Gasteiger partial charge is 0.487 e. The molecule has 0 aliphatic carbocycles. The molecule has 188 valence electrons. The molecule has 0 unspecified atom stereocenters. The molecule has 0 saturated heterocycles. The van der Waals surface area contributed by atoms with Gasteiger partial charge in [0.1, 0.15) is 23.4 Å². The van der Waals surface area contributed by atoms with E-state index in [9.17, 15) is 18.3 Å². The molecule has 35 heavy (non-hydrogen) atoms. The van der Waals surface area contributed by atoms with Gasteiger partial charge in [-0.2, -0.15) is 4.31 Å². The summed E-state index contributed by atoms with van der Waals surface area (Å²) in [5, 5.41) is 9.77. The normalized spacial score (nSPS) is 20.3. The van der Waals surface area contributed by atoms with Crippen molar-refractivity contribution in [3.8, 4) is 17.6 Å². The van der Waals surface area contributed by atoms with Crippen molar-refractivity contribution < 1.29 is 27.8 Å². The van der Waals surface area contributed by atoms with Crippen LogP contribution in [0, 0.1) is 17.8 Å². The van der Waals surface area contributed by atoms with Crippen molar-refractivity contribution in [2.24, 2.45) is 5.92 Å². The zero-order chi connectivity index (χ0) is 25.6. The first-order valence-electron chi connectivity index (χ1n) is 11.4. The third-order valence-electron chi connectivity index (χ3n) is 5.94. The highest BCUT2D eigenvalue weighted by Crippen LogP contribution is 2.34. The van der Waals surface area contributed by atoms with Gasteiger partial charge in [0.15, 0.2) is 0 Å². The molecule has 2 aromatic rings. The van der Waals surface area contributed by atoms with Gasteiger partial charge < -0.3 is 19.5 Å². The minimum Gasteiger partial charge on any atom is -0.487 e. The topological polar surface area (TPSA) is 96.4 Å². The van der Waals surface area contributed by atoms with E-state index in [2.05, 4.69) is 11.8 Å². The van der Waals surface area contributed by atoms with Crippen LogP contribution in [0.5, 0.6) is 5.75 Å². The van der Waals surface area contributed by atoms with Crippen molar-refractivity contribution in [2.75, 3.05) is 40.5 Å². The lowest BCUT2D eigenvalue weighted by Gasteiger charge is -2.37. The number of carbonyl (C=O) groups excluding carboxylic acids is 1. The molecule has 0 bridgehead atoms. The highest BCUT2D eigenvalue weighted by Gasteiger charge is 2.38. The summed E-state index contributed by atoms with van der Waals surface area (Å²) in [4.78, 5) is 14.5. The number of likely N-dealkylation sites (N-methyl/N-ethyl adjacent to an activating group) is 1. The van der Waals surface area contributed by atoms with Gasteiger partial charge in [-0.15, -0.1) is 0 Å². The van der Waals surface area contributed by atoms with Crippen LogP contribution in [0.4, 0.5) is 0 Å². The summed E-state index contributed by atoms with van der Waals surface area (Å²) < 4.78 is 39.6. The number of aliphatic hydroxyl groups excluding tert-OH is 1. The summed E-state index contributed by atoms with van der Waals surface area (Å²) >= 11 is 0. The number of carbonyl (C=O) groups is 1. The average Bonchev–Trinajstić information content (AvgIpc) is 2.85. The highest BCUT2D eigenvalue weighted by molar-refractivity contribution is 7.89. The first-order chi connectivity index (χ1) is 16.7. The minimum atomic E-state index is -3.95. The third kappa shape index (κ3) is 6.21. The summed E-state index contributed by atoms with van der Waals surface area (Å²) in [5.41, 5.74) is 1.14. The molecule has 0 aromatic heterocycles. The summed E-state index contributed by atoms with van der Waals surface area (Å²) in [6.07, 6.45) is -0.502. The molecular weight excluding hydrogens is 468 g/mol. The zero-order valence-corrected chi connectivity index (χ0v) is 21.3. The maximum Gasteiger partial charge on any atom is 0.253 e. The molecule has 1 amide bonds. The second-order valence-corrected chi connectivity index (χ2v) is 10.5. The van der Waals surface area contributed by atoms with E-state index in [1.54, 1.807) is 62.4 Å². The first-order valence-corrected chi connectivity index (χ1v) is 12.8. The third-order valence-corrected chi connectivity index (χ3v) is 7.96. The second-order valence-electron chi connectivity index (χ2n) is 8.69. The van der Waals surface area contributed by atoms with E-state index in [1.807, 2.05) is 13.0 Å². The van der Waals surface area contributed by atoms with Crippen LogP contribution < -0.4 is 4.74 Å². The number of hydrogen-bond acceptors (Lipinski definition) is 6. The molecule has 3 rings (SSSR count). The molecule has 0 spiro atoms. The van der Waals surface area contributed by atoms with Crippen LogP contribution >= 0.6 is 0 Å². The number of benzene rings is 2. The fraction of sp³-hybridized carbons (Fsp3) is 0.423. The quantitative estimate of drug-likeness (QED) is 0.611. The number of rotatable bonds is 6. The Hall–Kier alpha value is -2.90. The summed E-state index contributed by atoms with van der Waals surface area (Å²) in [5.74, 6) is 5.53. The molecule has 0 fully saturated rings. The fourth-order valence-electron chi connectivity index (χ4n) is 3.89. The van der Waals surface area contributed by atoms with Gasteiger partial charge in [-0.25, -0.2) is 8.42 Å². The smallest absolute Gasteiger partial charge is 0.253 e. The number of ether oxygens (including phenoxy) is 2. The predicted molar refractivity (Wildman–Crippen MR) is 133 cm³/mol. The Labute approximate surface area is 207 Å². The van der Waals surface area contributed by atoms with E-state index in [-0.39, 0.29) is 48.8 Å². The highest BCUT2D eigenvalue weighted by atomic mass is 32.2. The number of fused-ring (bicyclic) bond motifs is 1. The van der Waals surface area contributed by atoms with Gasteiger partial charge >= 0.3 is 0 Å². The van der Waals surface area contributed by atoms with Crippen LogP contribution in [0.1, 0.15) is 29.8 Å². The van der Waals surface area contributed by atoms with Gasteiger partial charge in [-0.05, 0) is 37.3 Å². The molecule has 9 heteroatoms. The molecule has 8 nitrogen and oxygen atoms in total. The molecule has 2 aromatic carbocycles. The molecule has 1 aliphatic rings. The maximum atomic E-state index is 13.5. The van der Waals surface area contributed by atoms with Crippen molar-refractivity contribution in [2.45, 2.75) is 30.9 Å². The van der Waals surface area contributed by atoms with Gasteiger partial charge in [-0.1, -0.05) is 37.0 Å². The van der Waals surface area contributed by atoms with Gasteiger partial charge in [0.2, 0.25) is 10.0 Å². The van der Waals surface area contributed by atoms with Gasteiger partial charge in [-0.3, -0.25) is 4.79 Å². The van der Waals surface area contributed by atoms with Crippen LogP contribution in [0.15, 0.2) is 53.4 Å². The van der Waals surface area contributed by atoms with Crippen molar-refractivity contribution >= 4 is 15.9 Å². The van der Waals surface area contributed by atoms with Gasteiger partial charge in [0, 0.05) is 43.8 Å². The summed E-state index contributed by atoms with van der Waals surface area (Å²) in [6.45, 7) is 3.85. The molecular formula is C26H32N2O6S. The van der Waals surface area contributed by atoms with Gasteiger partial charge in [0.05, 0.1) is 13.2 Å². The van der Waals surface area contributed by atoms with Crippen molar-refractivity contribution in [3.05, 3.63) is 59.7 Å². The van der Waals surface area contributed by atoms with Crippen molar-refractivity contribution in [1.29, 1.82) is 0 Å². The van der Waals surface area contributed by atoms with Crippen molar-refractivity contribution in [3.63, 3.8) is 0 Å². The van der Waals surface area contributed by atoms with E-state index in [0.29, 0.717) is 11.1 Å². The van der Waals surface area contributed by atoms with Crippen LogP contribution in [0.25, 0.3) is 0 Å². The van der Waals surface area contributed by atoms with Crippen LogP contribution in [0.3, 0.4) is 0 Å². The Morgan fingerprint density at radius 3 is 2.66 bits per heavy atom. The summed E-state index contributed by atoms with van der Waals surface area (Å²) in [6, 6.07) is 13.0. The molecule has 1 N–H and O–H groups in total. The number of amides is 1. The SMILES string of the molecule is COCC#Cc1ccc2c(c1)O[C@@H](CN(C)C(=O)c1ccccc1)[C@H](C)CN([C@@H](C)CO)S2(=O)=O. The number of hydrogen-bond donors (Lipinski definition) is 1.